The van der Waals surface area contributed by atoms with E-state index in [2.05, 4.69) is 5.32 Å². The summed E-state index contributed by atoms with van der Waals surface area (Å²) in [5.74, 6) is -0.819. The first-order chi connectivity index (χ1) is 8.85. The first-order valence-corrected chi connectivity index (χ1v) is 8.23. The van der Waals surface area contributed by atoms with Crippen LogP contribution in [0.25, 0.3) is 0 Å². The number of benzene rings is 1. The summed E-state index contributed by atoms with van der Waals surface area (Å²) < 4.78 is 23.1. The molecule has 1 unspecified atom stereocenters. The third-order valence-corrected chi connectivity index (χ3v) is 4.63. The van der Waals surface area contributed by atoms with E-state index in [-0.39, 0.29) is 11.8 Å². The fraction of sp³-hybridized carbons (Fsp3) is 0.500. The average Bonchev–Trinajstić information content (AvgIpc) is 2.27. The zero-order valence-electron chi connectivity index (χ0n) is 11.6. The lowest BCUT2D eigenvalue weighted by molar-refractivity contribution is -0.119. The summed E-state index contributed by atoms with van der Waals surface area (Å²) in [5.41, 5.74) is 2.08. The summed E-state index contributed by atoms with van der Waals surface area (Å²) in [6, 6.07) is 7.54. The lowest BCUT2D eigenvalue weighted by Crippen LogP contribution is -2.33. The first kappa shape index (κ1) is 15.7. The van der Waals surface area contributed by atoms with Crippen LogP contribution in [0.2, 0.25) is 0 Å². The standard InChI is InChI=1S/C14H21NO3S/c1-4-9-19(17,18)10-14(16)15-12(3)13-8-6-5-7-11(13)2/h5-8,12H,4,9-10H2,1-3H3,(H,15,16). The highest BCUT2D eigenvalue weighted by Gasteiger charge is 2.18. The number of sulfone groups is 1. The van der Waals surface area contributed by atoms with Crippen LogP contribution in [0.1, 0.15) is 37.4 Å². The van der Waals surface area contributed by atoms with Crippen LogP contribution in [0.5, 0.6) is 0 Å². The second-order valence-electron chi connectivity index (χ2n) is 4.74. The van der Waals surface area contributed by atoms with Gasteiger partial charge in [0.1, 0.15) is 5.75 Å². The second-order valence-corrected chi connectivity index (χ2v) is 6.92. The fourth-order valence-corrected chi connectivity index (χ4v) is 3.27. The third kappa shape index (κ3) is 5.03. The van der Waals surface area contributed by atoms with Crippen LogP contribution in [0, 0.1) is 6.92 Å². The van der Waals surface area contributed by atoms with Gasteiger partial charge >= 0.3 is 0 Å². The van der Waals surface area contributed by atoms with E-state index in [4.69, 9.17) is 0 Å². The normalized spacial score (nSPS) is 13.0. The van der Waals surface area contributed by atoms with Crippen LogP contribution < -0.4 is 5.32 Å². The lowest BCUT2D eigenvalue weighted by atomic mass is 10.0. The van der Waals surface area contributed by atoms with E-state index in [0.29, 0.717) is 6.42 Å². The van der Waals surface area contributed by atoms with Crippen LogP contribution in [0.3, 0.4) is 0 Å². The van der Waals surface area contributed by atoms with Crippen molar-refractivity contribution < 1.29 is 13.2 Å². The van der Waals surface area contributed by atoms with Gasteiger partial charge in [-0.15, -0.1) is 0 Å². The molecule has 1 atom stereocenters. The van der Waals surface area contributed by atoms with Gasteiger partial charge in [0.25, 0.3) is 0 Å². The summed E-state index contributed by atoms with van der Waals surface area (Å²) in [7, 11) is -3.28. The van der Waals surface area contributed by atoms with Crippen molar-refractivity contribution >= 4 is 15.7 Å². The molecule has 5 heteroatoms. The number of carbonyl (C=O) groups is 1. The third-order valence-electron chi connectivity index (χ3n) is 2.90. The molecule has 0 aliphatic carbocycles. The molecule has 1 amide bonds. The van der Waals surface area contributed by atoms with Gasteiger partial charge < -0.3 is 5.32 Å². The topological polar surface area (TPSA) is 63.2 Å². The molecule has 0 saturated carbocycles. The van der Waals surface area contributed by atoms with Crippen molar-refractivity contribution in [2.24, 2.45) is 0 Å². The zero-order chi connectivity index (χ0) is 14.5. The van der Waals surface area contributed by atoms with E-state index in [1.165, 1.54) is 0 Å². The number of carbonyl (C=O) groups excluding carboxylic acids is 1. The molecule has 1 N–H and O–H groups in total. The van der Waals surface area contributed by atoms with Crippen molar-refractivity contribution in [3.63, 3.8) is 0 Å². The minimum absolute atomic E-state index is 0.0547. The number of amides is 1. The molecule has 0 aliphatic rings. The number of rotatable bonds is 6. The Kier molecular flexibility index (Phi) is 5.54. The maximum absolute atomic E-state index is 11.7. The quantitative estimate of drug-likeness (QED) is 0.868. The molecular weight excluding hydrogens is 262 g/mol. The molecular formula is C14H21NO3S. The number of nitrogens with one attached hydrogen (secondary N) is 1. The lowest BCUT2D eigenvalue weighted by Gasteiger charge is -2.16. The number of aryl methyl sites for hydroxylation is 1. The van der Waals surface area contributed by atoms with Crippen molar-refractivity contribution in [3.05, 3.63) is 35.4 Å². The molecule has 0 heterocycles. The van der Waals surface area contributed by atoms with Crippen LogP contribution in [-0.4, -0.2) is 25.8 Å². The molecule has 1 aromatic rings. The monoisotopic (exact) mass is 283 g/mol. The highest BCUT2D eigenvalue weighted by molar-refractivity contribution is 7.92. The highest BCUT2D eigenvalue weighted by Crippen LogP contribution is 2.16. The van der Waals surface area contributed by atoms with Crippen LogP contribution in [0.4, 0.5) is 0 Å². The van der Waals surface area contributed by atoms with Crippen molar-refractivity contribution in [1.29, 1.82) is 0 Å². The molecule has 1 aromatic carbocycles. The molecule has 0 aromatic heterocycles. The summed E-state index contributed by atoms with van der Waals surface area (Å²) in [4.78, 5) is 11.7. The van der Waals surface area contributed by atoms with Gasteiger partial charge in [-0.2, -0.15) is 0 Å². The van der Waals surface area contributed by atoms with E-state index < -0.39 is 21.5 Å². The number of hydrogen-bond donors (Lipinski definition) is 1. The van der Waals surface area contributed by atoms with Crippen molar-refractivity contribution in [2.75, 3.05) is 11.5 Å². The summed E-state index contributed by atoms with van der Waals surface area (Å²) >= 11 is 0. The van der Waals surface area contributed by atoms with E-state index in [1.54, 1.807) is 6.92 Å². The molecule has 1 rings (SSSR count). The Morgan fingerprint density at radius 1 is 1.32 bits per heavy atom. The minimum Gasteiger partial charge on any atom is -0.349 e. The Bertz CT molecular complexity index is 537. The van der Waals surface area contributed by atoms with Crippen molar-refractivity contribution in [1.82, 2.24) is 5.32 Å². The van der Waals surface area contributed by atoms with Gasteiger partial charge in [0.15, 0.2) is 9.84 Å². The maximum atomic E-state index is 11.7. The Labute approximate surface area is 115 Å². The van der Waals surface area contributed by atoms with Gasteiger partial charge in [0.2, 0.25) is 5.91 Å². The Balaban J connectivity index is 2.65. The molecule has 0 spiro atoms. The smallest absolute Gasteiger partial charge is 0.235 e. The SMILES string of the molecule is CCCS(=O)(=O)CC(=O)NC(C)c1ccccc1C. The van der Waals surface area contributed by atoms with E-state index >= 15 is 0 Å². The van der Waals surface area contributed by atoms with E-state index in [9.17, 15) is 13.2 Å². The molecule has 106 valence electrons. The van der Waals surface area contributed by atoms with Crippen LogP contribution in [0.15, 0.2) is 24.3 Å². The molecule has 0 radical (unpaired) electrons. The molecule has 4 nitrogen and oxygen atoms in total. The molecule has 0 aliphatic heterocycles. The molecule has 0 saturated heterocycles. The van der Waals surface area contributed by atoms with E-state index in [0.717, 1.165) is 11.1 Å². The highest BCUT2D eigenvalue weighted by atomic mass is 32.2. The Morgan fingerprint density at radius 3 is 2.53 bits per heavy atom. The Hall–Kier alpha value is -1.36. The predicted octanol–water partition coefficient (Wildman–Crippen LogP) is 2.00. The average molecular weight is 283 g/mol. The second kappa shape index (κ2) is 6.70. The first-order valence-electron chi connectivity index (χ1n) is 6.41. The van der Waals surface area contributed by atoms with Crippen LogP contribution >= 0.6 is 0 Å². The largest absolute Gasteiger partial charge is 0.349 e. The summed E-state index contributed by atoms with van der Waals surface area (Å²) in [6.07, 6.45) is 0.531. The predicted molar refractivity (Wildman–Crippen MR) is 76.7 cm³/mol. The molecule has 19 heavy (non-hydrogen) atoms. The van der Waals surface area contributed by atoms with E-state index in [1.807, 2.05) is 38.1 Å². The van der Waals surface area contributed by atoms with Gasteiger partial charge in [0, 0.05) is 0 Å². The van der Waals surface area contributed by atoms with Gasteiger partial charge in [-0.3, -0.25) is 4.79 Å². The summed E-state index contributed by atoms with van der Waals surface area (Å²) in [5, 5.41) is 2.73. The fourth-order valence-electron chi connectivity index (χ4n) is 2.02. The van der Waals surface area contributed by atoms with Gasteiger partial charge in [0.05, 0.1) is 11.8 Å². The maximum Gasteiger partial charge on any atom is 0.235 e. The molecule has 0 fully saturated rings. The Morgan fingerprint density at radius 2 is 1.95 bits per heavy atom. The van der Waals surface area contributed by atoms with Gasteiger partial charge in [-0.05, 0) is 31.4 Å². The molecule has 0 bridgehead atoms. The number of hydrogen-bond acceptors (Lipinski definition) is 3. The van der Waals surface area contributed by atoms with Crippen molar-refractivity contribution in [2.45, 2.75) is 33.2 Å². The van der Waals surface area contributed by atoms with Gasteiger partial charge in [-0.25, -0.2) is 8.42 Å². The zero-order valence-corrected chi connectivity index (χ0v) is 12.5. The van der Waals surface area contributed by atoms with Gasteiger partial charge in [-0.1, -0.05) is 31.2 Å². The van der Waals surface area contributed by atoms with Crippen LogP contribution in [-0.2, 0) is 14.6 Å². The summed E-state index contributed by atoms with van der Waals surface area (Å²) in [6.45, 7) is 5.60. The minimum atomic E-state index is -3.28. The van der Waals surface area contributed by atoms with Crippen molar-refractivity contribution in [3.8, 4) is 0 Å².